The number of rotatable bonds is 5. The summed E-state index contributed by atoms with van der Waals surface area (Å²) in [6, 6.07) is 0. The number of hydrogen-bond donors (Lipinski definition) is 2. The molecule has 0 aliphatic carbocycles. The number of nitrogens with two attached hydrogens (primary N) is 1. The third kappa shape index (κ3) is 5.22. The van der Waals surface area contributed by atoms with Crippen LogP contribution in [0.4, 0.5) is 13.2 Å². The number of carbonyl (C=O) groups is 1. The summed E-state index contributed by atoms with van der Waals surface area (Å²) in [4.78, 5) is 12.7. The zero-order valence-electron chi connectivity index (χ0n) is 10.3. The highest BCUT2D eigenvalue weighted by Gasteiger charge is 2.41. The van der Waals surface area contributed by atoms with E-state index in [4.69, 9.17) is 5.84 Å². The normalized spacial score (nSPS) is 21.9. The lowest BCUT2D eigenvalue weighted by Crippen LogP contribution is -2.42. The summed E-state index contributed by atoms with van der Waals surface area (Å²) in [6.07, 6.45) is -1.57. The largest absolute Gasteiger partial charge is 0.393 e. The van der Waals surface area contributed by atoms with Gasteiger partial charge in [-0.15, -0.1) is 0 Å². The fourth-order valence-corrected chi connectivity index (χ4v) is 2.22. The van der Waals surface area contributed by atoms with E-state index in [0.717, 1.165) is 13.0 Å². The summed E-state index contributed by atoms with van der Waals surface area (Å²) >= 11 is 0. The Hall–Kier alpha value is -0.820. The van der Waals surface area contributed by atoms with Gasteiger partial charge in [0.05, 0.1) is 5.92 Å². The number of hydrogen-bond acceptors (Lipinski definition) is 3. The second-order valence-corrected chi connectivity index (χ2v) is 4.71. The third-order valence-electron chi connectivity index (χ3n) is 3.26. The highest BCUT2D eigenvalue weighted by molar-refractivity contribution is 5.75. The van der Waals surface area contributed by atoms with Crippen LogP contribution in [0.15, 0.2) is 0 Å². The lowest BCUT2D eigenvalue weighted by atomic mass is 9.97. The summed E-state index contributed by atoms with van der Waals surface area (Å²) in [7, 11) is 0. The molecule has 4 nitrogen and oxygen atoms in total. The molecule has 0 aromatic heterocycles. The number of halogens is 3. The SMILES string of the molecule is NNC(=O)CCCCN1CCCC(C(F)(F)F)C1. The maximum Gasteiger partial charge on any atom is 0.393 e. The lowest BCUT2D eigenvalue weighted by Gasteiger charge is -2.33. The first kappa shape index (κ1) is 15.2. The molecule has 18 heavy (non-hydrogen) atoms. The number of carbonyl (C=O) groups excluding carboxylic acids is 1. The van der Waals surface area contributed by atoms with E-state index in [1.165, 1.54) is 0 Å². The van der Waals surface area contributed by atoms with Crippen LogP contribution in [0.2, 0.25) is 0 Å². The first-order valence-corrected chi connectivity index (χ1v) is 6.22. The number of unbranched alkanes of at least 4 members (excludes halogenated alkanes) is 1. The number of nitrogens with one attached hydrogen (secondary N) is 1. The number of nitrogens with zero attached hydrogens (tertiary/aromatic N) is 1. The van der Waals surface area contributed by atoms with Crippen LogP contribution in [0.25, 0.3) is 0 Å². The average molecular weight is 267 g/mol. The second-order valence-electron chi connectivity index (χ2n) is 4.71. The highest BCUT2D eigenvalue weighted by atomic mass is 19.4. The molecule has 1 aliphatic heterocycles. The van der Waals surface area contributed by atoms with Gasteiger partial charge in [0, 0.05) is 13.0 Å². The van der Waals surface area contributed by atoms with Crippen LogP contribution in [-0.2, 0) is 4.79 Å². The minimum atomic E-state index is -4.09. The molecule has 0 spiro atoms. The average Bonchev–Trinajstić information content (AvgIpc) is 2.33. The zero-order chi connectivity index (χ0) is 13.6. The molecule has 1 heterocycles. The highest BCUT2D eigenvalue weighted by Crippen LogP contribution is 2.33. The molecule has 0 bridgehead atoms. The molecule has 0 saturated carbocycles. The van der Waals surface area contributed by atoms with Crippen molar-refractivity contribution in [1.29, 1.82) is 0 Å². The number of hydrazine groups is 1. The van der Waals surface area contributed by atoms with E-state index >= 15 is 0 Å². The monoisotopic (exact) mass is 267 g/mol. The smallest absolute Gasteiger partial charge is 0.303 e. The van der Waals surface area contributed by atoms with Gasteiger partial charge >= 0.3 is 6.18 Å². The van der Waals surface area contributed by atoms with Crippen molar-refractivity contribution in [1.82, 2.24) is 10.3 Å². The van der Waals surface area contributed by atoms with Crippen molar-refractivity contribution >= 4 is 5.91 Å². The second kappa shape index (κ2) is 6.94. The Kier molecular flexibility index (Phi) is 5.87. The fourth-order valence-electron chi connectivity index (χ4n) is 2.22. The molecule has 106 valence electrons. The molecule has 1 aliphatic rings. The molecule has 0 aromatic rings. The Morgan fingerprint density at radius 3 is 2.72 bits per heavy atom. The summed E-state index contributed by atoms with van der Waals surface area (Å²) < 4.78 is 37.7. The van der Waals surface area contributed by atoms with Gasteiger partial charge in [-0.1, -0.05) is 0 Å². The Balaban J connectivity index is 2.20. The summed E-state index contributed by atoms with van der Waals surface area (Å²) in [6.45, 7) is 1.42. The molecule has 0 aromatic carbocycles. The molecular weight excluding hydrogens is 247 g/mol. The maximum atomic E-state index is 12.6. The molecule has 1 rings (SSSR count). The van der Waals surface area contributed by atoms with Gasteiger partial charge < -0.3 is 4.90 Å². The van der Waals surface area contributed by atoms with Gasteiger partial charge in [0.25, 0.3) is 0 Å². The Labute approximate surface area is 105 Å². The Morgan fingerprint density at radius 1 is 1.39 bits per heavy atom. The molecular formula is C11H20F3N3O. The van der Waals surface area contributed by atoms with Gasteiger partial charge in [0.1, 0.15) is 0 Å². The van der Waals surface area contributed by atoms with Crippen LogP contribution in [0.1, 0.15) is 32.1 Å². The molecule has 1 amide bonds. The topological polar surface area (TPSA) is 58.4 Å². The van der Waals surface area contributed by atoms with Crippen molar-refractivity contribution < 1.29 is 18.0 Å². The van der Waals surface area contributed by atoms with E-state index in [1.807, 2.05) is 10.3 Å². The van der Waals surface area contributed by atoms with Crippen molar-refractivity contribution in [2.45, 2.75) is 38.3 Å². The van der Waals surface area contributed by atoms with Gasteiger partial charge in [-0.2, -0.15) is 13.2 Å². The molecule has 1 atom stereocenters. The third-order valence-corrected chi connectivity index (χ3v) is 3.26. The van der Waals surface area contributed by atoms with Gasteiger partial charge in [0.15, 0.2) is 0 Å². The maximum absolute atomic E-state index is 12.6. The number of likely N-dealkylation sites (tertiary alicyclic amines) is 1. The van der Waals surface area contributed by atoms with Crippen LogP contribution in [0.3, 0.4) is 0 Å². The number of piperidine rings is 1. The van der Waals surface area contributed by atoms with E-state index in [1.54, 1.807) is 0 Å². The minimum Gasteiger partial charge on any atom is -0.303 e. The number of amides is 1. The van der Waals surface area contributed by atoms with E-state index < -0.39 is 12.1 Å². The van der Waals surface area contributed by atoms with E-state index in [0.29, 0.717) is 25.8 Å². The predicted octanol–water partition coefficient (Wildman–Crippen LogP) is 1.42. The standard InChI is InChI=1S/C11H20F3N3O/c12-11(13,14)9-4-3-7-17(8-9)6-2-1-5-10(18)16-15/h9H,1-8,15H2,(H,16,18). The van der Waals surface area contributed by atoms with E-state index in [9.17, 15) is 18.0 Å². The van der Waals surface area contributed by atoms with Crippen molar-refractivity contribution in [2.24, 2.45) is 11.8 Å². The summed E-state index contributed by atoms with van der Waals surface area (Å²) in [5, 5.41) is 0. The summed E-state index contributed by atoms with van der Waals surface area (Å²) in [5.74, 6) is 3.50. The molecule has 3 N–H and O–H groups in total. The van der Waals surface area contributed by atoms with Crippen LogP contribution >= 0.6 is 0 Å². The van der Waals surface area contributed by atoms with Crippen molar-refractivity contribution in [3.05, 3.63) is 0 Å². The van der Waals surface area contributed by atoms with Gasteiger partial charge in [-0.25, -0.2) is 5.84 Å². The van der Waals surface area contributed by atoms with E-state index in [-0.39, 0.29) is 18.9 Å². The van der Waals surface area contributed by atoms with Crippen LogP contribution in [0.5, 0.6) is 0 Å². The quantitative estimate of drug-likeness (QED) is 0.343. The predicted molar refractivity (Wildman–Crippen MR) is 61.4 cm³/mol. The Bertz CT molecular complexity index is 271. The first-order valence-electron chi connectivity index (χ1n) is 6.22. The first-order chi connectivity index (χ1) is 8.43. The van der Waals surface area contributed by atoms with Crippen molar-refractivity contribution in [3.8, 4) is 0 Å². The van der Waals surface area contributed by atoms with Gasteiger partial charge in [0.2, 0.25) is 5.91 Å². The summed E-state index contributed by atoms with van der Waals surface area (Å²) in [5.41, 5.74) is 2.03. The molecule has 1 saturated heterocycles. The van der Waals surface area contributed by atoms with Gasteiger partial charge in [-0.05, 0) is 38.8 Å². The molecule has 0 radical (unpaired) electrons. The lowest BCUT2D eigenvalue weighted by molar-refractivity contribution is -0.186. The molecule has 1 fully saturated rings. The fraction of sp³-hybridized carbons (Fsp3) is 0.909. The van der Waals surface area contributed by atoms with Crippen LogP contribution in [0, 0.1) is 5.92 Å². The Morgan fingerprint density at radius 2 is 2.11 bits per heavy atom. The molecule has 7 heteroatoms. The minimum absolute atomic E-state index is 0.0899. The van der Waals surface area contributed by atoms with E-state index in [2.05, 4.69) is 0 Å². The van der Waals surface area contributed by atoms with Crippen LogP contribution < -0.4 is 11.3 Å². The van der Waals surface area contributed by atoms with Crippen molar-refractivity contribution in [2.75, 3.05) is 19.6 Å². The molecule has 1 unspecified atom stereocenters. The number of alkyl halides is 3. The van der Waals surface area contributed by atoms with Gasteiger partial charge in [-0.3, -0.25) is 10.2 Å². The van der Waals surface area contributed by atoms with Crippen LogP contribution in [-0.4, -0.2) is 36.6 Å². The zero-order valence-corrected chi connectivity index (χ0v) is 10.3. The van der Waals surface area contributed by atoms with Crippen molar-refractivity contribution in [3.63, 3.8) is 0 Å².